The zero-order valence-electron chi connectivity index (χ0n) is 12.3. The first kappa shape index (κ1) is 15.4. The number of nitrogen functional groups attached to an aromatic ring is 1. The molecule has 0 aliphatic rings. The summed E-state index contributed by atoms with van der Waals surface area (Å²) in [6.07, 6.45) is 0.821. The van der Waals surface area contributed by atoms with E-state index in [1.165, 1.54) is 5.56 Å². The van der Waals surface area contributed by atoms with Crippen LogP contribution in [-0.4, -0.2) is 18.6 Å². The number of anilines is 1. The van der Waals surface area contributed by atoms with E-state index in [0.29, 0.717) is 23.6 Å². The minimum absolute atomic E-state index is 0.0693. The van der Waals surface area contributed by atoms with E-state index in [0.717, 1.165) is 6.42 Å². The van der Waals surface area contributed by atoms with Crippen LogP contribution in [0, 0.1) is 0 Å². The molecule has 1 unspecified atom stereocenters. The van der Waals surface area contributed by atoms with Crippen LogP contribution in [0.25, 0.3) is 0 Å². The smallest absolute Gasteiger partial charge is 0.251 e. The molecule has 2 rings (SSSR count). The van der Waals surface area contributed by atoms with Crippen LogP contribution in [0.1, 0.15) is 29.8 Å². The van der Waals surface area contributed by atoms with E-state index in [2.05, 4.69) is 16.8 Å². The second-order valence-electron chi connectivity index (χ2n) is 4.90. The quantitative estimate of drug-likeness (QED) is 0.806. The number of nitrogens with two attached hydrogens (primary N) is 1. The molecule has 112 valence electrons. The Morgan fingerprint density at radius 2 is 2.24 bits per heavy atom. The number of hydrogen-bond acceptors (Lipinski definition) is 4. The molecule has 1 aromatic carbocycles. The van der Waals surface area contributed by atoms with Crippen LogP contribution in [0.5, 0.6) is 5.75 Å². The summed E-state index contributed by atoms with van der Waals surface area (Å²) < 4.78 is 5.37. The lowest BCUT2D eigenvalue weighted by Gasteiger charge is -2.14. The SMILES string of the molecule is CCOc1ccc(C(=O)NC(C)Cc2ccsc2)cc1N. The number of nitrogens with one attached hydrogen (secondary N) is 1. The summed E-state index contributed by atoms with van der Waals surface area (Å²) in [6, 6.07) is 7.25. The molecular formula is C16H20N2O2S. The zero-order chi connectivity index (χ0) is 15.2. The van der Waals surface area contributed by atoms with Crippen LogP contribution >= 0.6 is 11.3 Å². The summed E-state index contributed by atoms with van der Waals surface area (Å²) in [5.74, 6) is 0.493. The largest absolute Gasteiger partial charge is 0.492 e. The Balaban J connectivity index is 1.98. The third kappa shape index (κ3) is 4.23. The normalized spacial score (nSPS) is 11.9. The van der Waals surface area contributed by atoms with Gasteiger partial charge in [-0.2, -0.15) is 11.3 Å². The van der Waals surface area contributed by atoms with Gasteiger partial charge in [-0.15, -0.1) is 0 Å². The molecule has 1 amide bonds. The van der Waals surface area contributed by atoms with Gasteiger partial charge in [-0.25, -0.2) is 0 Å². The number of hydrogen-bond donors (Lipinski definition) is 2. The molecule has 21 heavy (non-hydrogen) atoms. The van der Waals surface area contributed by atoms with Gasteiger partial charge in [-0.1, -0.05) is 0 Å². The fourth-order valence-electron chi connectivity index (χ4n) is 2.10. The van der Waals surface area contributed by atoms with E-state index < -0.39 is 0 Å². The number of carbonyl (C=O) groups excluding carboxylic acids is 1. The standard InChI is InChI=1S/C16H20N2O2S/c1-3-20-15-5-4-13(9-14(15)17)16(19)18-11(2)8-12-6-7-21-10-12/h4-7,9-11H,3,8,17H2,1-2H3,(H,18,19). The molecular weight excluding hydrogens is 284 g/mol. The van der Waals surface area contributed by atoms with Crippen molar-refractivity contribution in [3.05, 3.63) is 46.2 Å². The Morgan fingerprint density at radius 1 is 1.43 bits per heavy atom. The molecule has 2 aromatic rings. The van der Waals surface area contributed by atoms with Gasteiger partial charge >= 0.3 is 0 Å². The van der Waals surface area contributed by atoms with Crippen LogP contribution < -0.4 is 15.8 Å². The molecule has 1 atom stereocenters. The van der Waals surface area contributed by atoms with Gasteiger partial charge in [0.25, 0.3) is 5.91 Å². The third-order valence-electron chi connectivity index (χ3n) is 3.07. The summed E-state index contributed by atoms with van der Waals surface area (Å²) >= 11 is 1.66. The summed E-state index contributed by atoms with van der Waals surface area (Å²) in [6.45, 7) is 4.44. The molecule has 5 heteroatoms. The Bertz CT molecular complexity index is 596. The first-order valence-electron chi connectivity index (χ1n) is 6.94. The van der Waals surface area contributed by atoms with Crippen molar-refractivity contribution < 1.29 is 9.53 Å². The van der Waals surface area contributed by atoms with Crippen LogP contribution in [0.3, 0.4) is 0 Å². The summed E-state index contributed by atoms with van der Waals surface area (Å²) in [5.41, 5.74) is 8.15. The number of rotatable bonds is 6. The highest BCUT2D eigenvalue weighted by molar-refractivity contribution is 7.07. The average Bonchev–Trinajstić information content (AvgIpc) is 2.93. The Labute approximate surface area is 128 Å². The predicted molar refractivity (Wildman–Crippen MR) is 87.0 cm³/mol. The third-order valence-corrected chi connectivity index (χ3v) is 3.80. The summed E-state index contributed by atoms with van der Waals surface area (Å²) in [5, 5.41) is 7.12. The van der Waals surface area contributed by atoms with Gasteiger partial charge in [-0.05, 0) is 60.9 Å². The topological polar surface area (TPSA) is 64.3 Å². The molecule has 0 aliphatic carbocycles. The van der Waals surface area contributed by atoms with E-state index in [1.54, 1.807) is 29.5 Å². The highest BCUT2D eigenvalue weighted by atomic mass is 32.1. The van der Waals surface area contributed by atoms with Gasteiger partial charge in [0, 0.05) is 11.6 Å². The monoisotopic (exact) mass is 304 g/mol. The van der Waals surface area contributed by atoms with E-state index >= 15 is 0 Å². The number of benzene rings is 1. The fraction of sp³-hybridized carbons (Fsp3) is 0.312. The van der Waals surface area contributed by atoms with Crippen LogP contribution in [0.4, 0.5) is 5.69 Å². The van der Waals surface area contributed by atoms with Gasteiger partial charge in [0.15, 0.2) is 0 Å². The molecule has 3 N–H and O–H groups in total. The molecule has 1 aromatic heterocycles. The number of ether oxygens (including phenoxy) is 1. The highest BCUT2D eigenvalue weighted by Gasteiger charge is 2.12. The molecule has 0 saturated carbocycles. The lowest BCUT2D eigenvalue weighted by Crippen LogP contribution is -2.34. The van der Waals surface area contributed by atoms with Gasteiger partial charge in [0.1, 0.15) is 5.75 Å². The van der Waals surface area contributed by atoms with E-state index in [-0.39, 0.29) is 11.9 Å². The average molecular weight is 304 g/mol. The summed E-state index contributed by atoms with van der Waals surface area (Å²) in [4.78, 5) is 12.2. The fourth-order valence-corrected chi connectivity index (χ4v) is 2.78. The summed E-state index contributed by atoms with van der Waals surface area (Å²) in [7, 11) is 0. The van der Waals surface area contributed by atoms with Gasteiger partial charge in [-0.3, -0.25) is 4.79 Å². The van der Waals surface area contributed by atoms with Crippen molar-refractivity contribution in [1.82, 2.24) is 5.32 Å². The first-order chi connectivity index (χ1) is 10.1. The molecule has 0 spiro atoms. The lowest BCUT2D eigenvalue weighted by atomic mass is 10.1. The maximum Gasteiger partial charge on any atom is 0.251 e. The molecule has 0 bridgehead atoms. The van der Waals surface area contributed by atoms with Crippen molar-refractivity contribution in [2.45, 2.75) is 26.3 Å². The molecule has 0 aliphatic heterocycles. The molecule has 0 radical (unpaired) electrons. The second-order valence-corrected chi connectivity index (χ2v) is 5.68. The zero-order valence-corrected chi connectivity index (χ0v) is 13.1. The van der Waals surface area contributed by atoms with Gasteiger partial charge in [0.05, 0.1) is 12.3 Å². The van der Waals surface area contributed by atoms with Crippen molar-refractivity contribution in [3.8, 4) is 5.75 Å². The van der Waals surface area contributed by atoms with E-state index in [1.807, 2.05) is 19.2 Å². The Hall–Kier alpha value is -2.01. The lowest BCUT2D eigenvalue weighted by molar-refractivity contribution is 0.0940. The molecule has 4 nitrogen and oxygen atoms in total. The molecule has 0 fully saturated rings. The van der Waals surface area contributed by atoms with Crippen LogP contribution in [0.15, 0.2) is 35.0 Å². The maximum atomic E-state index is 12.2. The van der Waals surface area contributed by atoms with E-state index in [4.69, 9.17) is 10.5 Å². The number of amides is 1. The first-order valence-corrected chi connectivity index (χ1v) is 7.88. The Kier molecular flexibility index (Phi) is 5.22. The molecule has 1 heterocycles. The minimum Gasteiger partial charge on any atom is -0.492 e. The van der Waals surface area contributed by atoms with Crippen molar-refractivity contribution in [2.24, 2.45) is 0 Å². The van der Waals surface area contributed by atoms with Gasteiger partial charge < -0.3 is 15.8 Å². The molecule has 0 saturated heterocycles. The van der Waals surface area contributed by atoms with Crippen LogP contribution in [-0.2, 0) is 6.42 Å². The van der Waals surface area contributed by atoms with Crippen LogP contribution in [0.2, 0.25) is 0 Å². The van der Waals surface area contributed by atoms with Crippen molar-refractivity contribution >= 4 is 22.9 Å². The van der Waals surface area contributed by atoms with Crippen molar-refractivity contribution in [1.29, 1.82) is 0 Å². The van der Waals surface area contributed by atoms with E-state index in [9.17, 15) is 4.79 Å². The van der Waals surface area contributed by atoms with Crippen molar-refractivity contribution in [3.63, 3.8) is 0 Å². The predicted octanol–water partition coefficient (Wildman–Crippen LogP) is 3.09. The van der Waals surface area contributed by atoms with Crippen molar-refractivity contribution in [2.75, 3.05) is 12.3 Å². The minimum atomic E-state index is -0.118. The second kappa shape index (κ2) is 7.13. The Morgan fingerprint density at radius 3 is 2.86 bits per heavy atom. The van der Waals surface area contributed by atoms with Gasteiger partial charge in [0.2, 0.25) is 0 Å². The highest BCUT2D eigenvalue weighted by Crippen LogP contribution is 2.22. The maximum absolute atomic E-state index is 12.2. The number of thiophene rings is 1. The number of carbonyl (C=O) groups is 1.